The number of aryl methyl sites for hydroxylation is 1. The summed E-state index contributed by atoms with van der Waals surface area (Å²) in [6.45, 7) is 4.01. The van der Waals surface area contributed by atoms with Gasteiger partial charge in [-0.2, -0.15) is 0 Å². The van der Waals surface area contributed by atoms with Crippen molar-refractivity contribution in [1.82, 2.24) is 14.0 Å². The van der Waals surface area contributed by atoms with Gasteiger partial charge in [0.15, 0.2) is 0 Å². The minimum absolute atomic E-state index is 0.984. The molecule has 0 N–H and O–H groups in total. The van der Waals surface area contributed by atoms with Gasteiger partial charge in [0, 0.05) is 7.05 Å². The Kier molecular flexibility index (Phi) is 0.999. The number of pyridine rings is 1. The Morgan fingerprint density at radius 3 is 3.08 bits per heavy atom. The van der Waals surface area contributed by atoms with Crippen molar-refractivity contribution in [3.63, 3.8) is 0 Å². The van der Waals surface area contributed by atoms with Crippen LogP contribution in [0.4, 0.5) is 0 Å². The Morgan fingerprint density at radius 1 is 1.38 bits per heavy atom. The first kappa shape index (κ1) is 6.71. The van der Waals surface area contributed by atoms with Crippen LogP contribution >= 0.6 is 0 Å². The lowest BCUT2D eigenvalue weighted by atomic mass is 10.4. The zero-order valence-electron chi connectivity index (χ0n) is 7.36. The van der Waals surface area contributed by atoms with Gasteiger partial charge in [0.05, 0.1) is 17.1 Å². The Morgan fingerprint density at radius 2 is 2.23 bits per heavy atom. The molecule has 0 amide bonds. The van der Waals surface area contributed by atoms with E-state index in [1.165, 1.54) is 0 Å². The normalized spacial score (nSPS) is 11.8. The van der Waals surface area contributed by atoms with Crippen molar-refractivity contribution in [3.05, 3.63) is 29.7 Å². The van der Waals surface area contributed by atoms with E-state index in [4.69, 9.17) is 0 Å². The quantitative estimate of drug-likeness (QED) is 0.493. The topological polar surface area (TPSA) is 22.2 Å². The summed E-state index contributed by atoms with van der Waals surface area (Å²) in [7, 11) is 2.02. The molecule has 0 aliphatic rings. The molecule has 0 atom stereocenters. The zero-order chi connectivity index (χ0) is 9.00. The van der Waals surface area contributed by atoms with E-state index < -0.39 is 0 Å². The lowest BCUT2D eigenvalue weighted by Crippen LogP contribution is -2.09. The Labute approximate surface area is 74.9 Å². The molecule has 3 rings (SSSR count). The molecule has 0 fully saturated rings. The van der Waals surface area contributed by atoms with E-state index in [0.29, 0.717) is 0 Å². The van der Waals surface area contributed by atoms with E-state index in [0.717, 1.165) is 22.2 Å². The Hall–Kier alpha value is -1.77. The predicted octanol–water partition coefficient (Wildman–Crippen LogP) is 0.955. The van der Waals surface area contributed by atoms with Gasteiger partial charge < -0.3 is 4.57 Å². The molecule has 3 nitrogen and oxygen atoms in total. The highest BCUT2D eigenvalue weighted by Crippen LogP contribution is 2.11. The number of nitrogens with zero attached hydrogens (tertiary/aromatic N) is 3. The molecule has 3 aromatic heterocycles. The molecule has 0 aliphatic heterocycles. The van der Waals surface area contributed by atoms with Crippen molar-refractivity contribution >= 4 is 23.4 Å². The summed E-state index contributed by atoms with van der Waals surface area (Å²) in [6.07, 6.45) is 1.87. The van der Waals surface area contributed by atoms with Gasteiger partial charge in [0.25, 0.3) is 0 Å². The highest BCUT2D eigenvalue weighted by atomic mass is 15.1. The predicted molar refractivity (Wildman–Crippen MR) is 52.4 cm³/mol. The molecule has 3 aromatic rings. The Bertz CT molecular complexity index is 630. The molecule has 0 aromatic carbocycles. The van der Waals surface area contributed by atoms with E-state index in [1.54, 1.807) is 0 Å². The van der Waals surface area contributed by atoms with Crippen molar-refractivity contribution in [2.24, 2.45) is 7.05 Å². The molecule has 0 saturated carbocycles. The maximum Gasteiger partial charge on any atom is 0.138 e. The number of imidazole rings is 2. The fraction of sp³-hybridized carbons (Fsp3) is 0.100. The lowest BCUT2D eigenvalue weighted by Gasteiger charge is -1.96. The summed E-state index contributed by atoms with van der Waals surface area (Å²) in [5.74, 6) is 0. The average molecular weight is 171 g/mol. The number of rotatable bonds is 0. The second-order valence-corrected chi connectivity index (χ2v) is 3.23. The minimum atomic E-state index is 0.984. The third-order valence-electron chi connectivity index (χ3n) is 2.55. The Balaban J connectivity index is 2.86. The van der Waals surface area contributed by atoms with Gasteiger partial charge in [-0.05, 0) is 12.1 Å². The summed E-state index contributed by atoms with van der Waals surface area (Å²) in [6, 6.07) is 6.08. The van der Waals surface area contributed by atoms with Crippen LogP contribution in [0.1, 0.15) is 0 Å². The molecule has 13 heavy (non-hydrogen) atoms. The third kappa shape index (κ3) is 0.628. The monoisotopic (exact) mass is 171 g/mol. The van der Waals surface area contributed by atoms with Gasteiger partial charge in [-0.15, -0.1) is 0 Å². The molecule has 0 aliphatic carbocycles. The third-order valence-corrected chi connectivity index (χ3v) is 2.55. The van der Waals surface area contributed by atoms with Gasteiger partial charge >= 0.3 is 0 Å². The van der Waals surface area contributed by atoms with E-state index >= 15 is 0 Å². The van der Waals surface area contributed by atoms with Crippen LogP contribution in [-0.2, 0) is 7.05 Å². The summed E-state index contributed by atoms with van der Waals surface area (Å²) in [4.78, 5) is 4.29. The number of aromatic nitrogens is 3. The molecule has 0 unspecified atom stereocenters. The minimum Gasteiger partial charge on any atom is -0.329 e. The fourth-order valence-electron chi connectivity index (χ4n) is 1.79. The van der Waals surface area contributed by atoms with Crippen LogP contribution in [0.3, 0.4) is 0 Å². The van der Waals surface area contributed by atoms with Crippen LogP contribution < -0.4 is 5.35 Å². The standard InChI is InChI=1S/C10H9N3/c1-7-8-6-11-9-4-3-5-10(12(7)2)13(8)9/h3-6H,1H2,2H3. The van der Waals surface area contributed by atoms with Gasteiger partial charge in [-0.25, -0.2) is 4.98 Å². The number of hydrogen-bond donors (Lipinski definition) is 0. The van der Waals surface area contributed by atoms with Crippen LogP contribution in [0.15, 0.2) is 24.4 Å². The van der Waals surface area contributed by atoms with Gasteiger partial charge in [-0.3, -0.25) is 4.40 Å². The van der Waals surface area contributed by atoms with Crippen molar-refractivity contribution < 1.29 is 0 Å². The van der Waals surface area contributed by atoms with Crippen molar-refractivity contribution in [2.75, 3.05) is 0 Å². The van der Waals surface area contributed by atoms with Gasteiger partial charge in [-0.1, -0.05) is 12.6 Å². The molecular formula is C10H9N3. The molecule has 3 heterocycles. The summed E-state index contributed by atoms with van der Waals surface area (Å²) >= 11 is 0. The molecular weight excluding hydrogens is 162 g/mol. The van der Waals surface area contributed by atoms with E-state index in [2.05, 4.69) is 26.6 Å². The van der Waals surface area contributed by atoms with E-state index in [1.807, 2.05) is 25.4 Å². The van der Waals surface area contributed by atoms with Gasteiger partial charge in [0.1, 0.15) is 11.3 Å². The average Bonchev–Trinajstić information content (AvgIpc) is 2.67. The second-order valence-electron chi connectivity index (χ2n) is 3.23. The highest BCUT2D eigenvalue weighted by molar-refractivity contribution is 5.67. The van der Waals surface area contributed by atoms with Crippen LogP contribution in [0, 0.1) is 0 Å². The largest absolute Gasteiger partial charge is 0.329 e. The van der Waals surface area contributed by atoms with Gasteiger partial charge in [0.2, 0.25) is 0 Å². The first-order valence-corrected chi connectivity index (χ1v) is 4.18. The fourth-order valence-corrected chi connectivity index (χ4v) is 1.79. The first-order valence-electron chi connectivity index (χ1n) is 4.18. The maximum atomic E-state index is 4.29. The molecule has 64 valence electrons. The molecule has 3 heteroatoms. The second kappa shape index (κ2) is 1.93. The van der Waals surface area contributed by atoms with Crippen molar-refractivity contribution in [2.45, 2.75) is 0 Å². The summed E-state index contributed by atoms with van der Waals surface area (Å²) < 4.78 is 4.19. The lowest BCUT2D eigenvalue weighted by molar-refractivity contribution is 0.925. The summed E-state index contributed by atoms with van der Waals surface area (Å²) in [5.41, 5.74) is 3.21. The summed E-state index contributed by atoms with van der Waals surface area (Å²) in [5, 5.41) is 1.01. The first-order chi connectivity index (χ1) is 6.29. The SMILES string of the molecule is C=c1c2cnc3cccc(n1C)n32. The maximum absolute atomic E-state index is 4.29. The smallest absolute Gasteiger partial charge is 0.138 e. The molecule has 0 radical (unpaired) electrons. The van der Waals surface area contributed by atoms with Crippen LogP contribution in [0.5, 0.6) is 0 Å². The zero-order valence-corrected chi connectivity index (χ0v) is 7.36. The number of hydrogen-bond acceptors (Lipinski definition) is 1. The van der Waals surface area contributed by atoms with Crippen molar-refractivity contribution in [3.8, 4) is 0 Å². The van der Waals surface area contributed by atoms with E-state index in [9.17, 15) is 0 Å². The molecule has 0 spiro atoms. The molecule has 0 bridgehead atoms. The van der Waals surface area contributed by atoms with Crippen molar-refractivity contribution in [1.29, 1.82) is 0 Å². The van der Waals surface area contributed by atoms with Crippen LogP contribution in [0.2, 0.25) is 0 Å². The van der Waals surface area contributed by atoms with Crippen LogP contribution in [-0.4, -0.2) is 14.0 Å². The van der Waals surface area contributed by atoms with Crippen LogP contribution in [0.25, 0.3) is 23.4 Å². The molecule has 0 saturated heterocycles. The highest BCUT2D eigenvalue weighted by Gasteiger charge is 2.07. The van der Waals surface area contributed by atoms with E-state index in [-0.39, 0.29) is 0 Å².